The van der Waals surface area contributed by atoms with Gasteiger partial charge < -0.3 is 5.32 Å². The second-order valence-electron chi connectivity index (χ2n) is 3.49. The molecule has 12 heavy (non-hydrogen) atoms. The third kappa shape index (κ3) is 3.57. The number of carbonyl (C=O) groups is 1. The standard InChI is InChI=1S/C9H16BrNO/c1-2-8(5-7-3-4-7)11-9(12)6-10/h7-8H,2-6H2,1H3,(H,11,12). The summed E-state index contributed by atoms with van der Waals surface area (Å²) in [5.74, 6) is 1.01. The number of hydrogen-bond donors (Lipinski definition) is 1. The SMILES string of the molecule is CCC(CC1CC1)NC(=O)CBr. The Balaban J connectivity index is 2.18. The molecule has 1 unspecified atom stereocenters. The molecule has 0 saturated heterocycles. The van der Waals surface area contributed by atoms with Crippen LogP contribution < -0.4 is 5.32 Å². The third-order valence-corrected chi connectivity index (χ3v) is 2.80. The molecule has 0 aromatic heterocycles. The highest BCUT2D eigenvalue weighted by Crippen LogP contribution is 2.33. The van der Waals surface area contributed by atoms with Gasteiger partial charge in [-0.15, -0.1) is 0 Å². The lowest BCUT2D eigenvalue weighted by Gasteiger charge is -2.15. The fourth-order valence-corrected chi connectivity index (χ4v) is 1.51. The average molecular weight is 234 g/mol. The van der Waals surface area contributed by atoms with Crippen molar-refractivity contribution in [2.45, 2.75) is 38.6 Å². The molecule has 2 nitrogen and oxygen atoms in total. The predicted octanol–water partition coefficient (Wildman–Crippen LogP) is 2.08. The van der Waals surface area contributed by atoms with E-state index in [9.17, 15) is 4.79 Å². The first-order chi connectivity index (χ1) is 5.76. The summed E-state index contributed by atoms with van der Waals surface area (Å²) in [6.45, 7) is 2.13. The van der Waals surface area contributed by atoms with Gasteiger partial charge in [0.15, 0.2) is 0 Å². The lowest BCUT2D eigenvalue weighted by Crippen LogP contribution is -2.35. The third-order valence-electron chi connectivity index (χ3n) is 2.29. The van der Waals surface area contributed by atoms with Crippen LogP contribution >= 0.6 is 15.9 Å². The second kappa shape index (κ2) is 4.85. The van der Waals surface area contributed by atoms with Crippen LogP contribution in [0.1, 0.15) is 32.6 Å². The molecule has 1 rings (SSSR count). The van der Waals surface area contributed by atoms with E-state index in [0.29, 0.717) is 11.4 Å². The summed E-state index contributed by atoms with van der Waals surface area (Å²) in [6, 6.07) is 0.405. The molecule has 1 fully saturated rings. The largest absolute Gasteiger partial charge is 0.353 e. The molecule has 70 valence electrons. The average Bonchev–Trinajstić information content (AvgIpc) is 2.86. The Morgan fingerprint density at radius 2 is 2.33 bits per heavy atom. The molecular formula is C9H16BrNO. The molecule has 1 atom stereocenters. The highest BCUT2D eigenvalue weighted by Gasteiger charge is 2.25. The van der Waals surface area contributed by atoms with Crippen molar-refractivity contribution < 1.29 is 4.79 Å². The number of nitrogens with one attached hydrogen (secondary N) is 1. The molecule has 0 radical (unpaired) electrons. The van der Waals surface area contributed by atoms with Gasteiger partial charge in [-0.05, 0) is 18.8 Å². The van der Waals surface area contributed by atoms with E-state index in [2.05, 4.69) is 28.2 Å². The van der Waals surface area contributed by atoms with Crippen LogP contribution in [0, 0.1) is 5.92 Å². The molecule has 1 amide bonds. The topological polar surface area (TPSA) is 29.1 Å². The van der Waals surface area contributed by atoms with Crippen molar-refractivity contribution in [3.8, 4) is 0 Å². The molecule has 0 aliphatic heterocycles. The molecule has 1 saturated carbocycles. The van der Waals surface area contributed by atoms with Crippen molar-refractivity contribution >= 4 is 21.8 Å². The van der Waals surface area contributed by atoms with Crippen molar-refractivity contribution in [2.75, 3.05) is 5.33 Å². The Hall–Kier alpha value is -0.0500. The number of halogens is 1. The predicted molar refractivity (Wildman–Crippen MR) is 53.4 cm³/mol. The van der Waals surface area contributed by atoms with Crippen LogP contribution in [0.5, 0.6) is 0 Å². The summed E-state index contributed by atoms with van der Waals surface area (Å²) in [4.78, 5) is 11.0. The van der Waals surface area contributed by atoms with Gasteiger partial charge in [0.1, 0.15) is 0 Å². The van der Waals surface area contributed by atoms with E-state index >= 15 is 0 Å². The maximum Gasteiger partial charge on any atom is 0.230 e. The lowest BCUT2D eigenvalue weighted by atomic mass is 10.1. The van der Waals surface area contributed by atoms with Crippen LogP contribution in [-0.4, -0.2) is 17.3 Å². The Bertz CT molecular complexity index is 157. The zero-order valence-electron chi connectivity index (χ0n) is 7.48. The molecule has 1 aliphatic rings. The zero-order chi connectivity index (χ0) is 8.97. The van der Waals surface area contributed by atoms with Gasteiger partial charge in [0, 0.05) is 6.04 Å². The number of rotatable bonds is 5. The highest BCUT2D eigenvalue weighted by atomic mass is 79.9. The van der Waals surface area contributed by atoms with E-state index in [1.807, 2.05) is 0 Å². The fourth-order valence-electron chi connectivity index (χ4n) is 1.35. The van der Waals surface area contributed by atoms with Gasteiger partial charge >= 0.3 is 0 Å². The van der Waals surface area contributed by atoms with Gasteiger partial charge in [-0.2, -0.15) is 0 Å². The van der Waals surface area contributed by atoms with Crippen LogP contribution in [0.3, 0.4) is 0 Å². The summed E-state index contributed by atoms with van der Waals surface area (Å²) < 4.78 is 0. The van der Waals surface area contributed by atoms with E-state index in [1.54, 1.807) is 0 Å². The van der Waals surface area contributed by atoms with Crippen molar-refractivity contribution in [1.82, 2.24) is 5.32 Å². The zero-order valence-corrected chi connectivity index (χ0v) is 9.06. The molecule has 1 N–H and O–H groups in total. The minimum Gasteiger partial charge on any atom is -0.353 e. The first-order valence-corrected chi connectivity index (χ1v) is 5.73. The molecule has 3 heteroatoms. The lowest BCUT2D eigenvalue weighted by molar-refractivity contribution is -0.119. The quantitative estimate of drug-likeness (QED) is 0.725. The fraction of sp³-hybridized carbons (Fsp3) is 0.889. The van der Waals surface area contributed by atoms with Crippen LogP contribution in [0.2, 0.25) is 0 Å². The van der Waals surface area contributed by atoms with Crippen LogP contribution in [0.25, 0.3) is 0 Å². The highest BCUT2D eigenvalue weighted by molar-refractivity contribution is 9.09. The van der Waals surface area contributed by atoms with E-state index in [1.165, 1.54) is 19.3 Å². The van der Waals surface area contributed by atoms with Gasteiger partial charge in [-0.25, -0.2) is 0 Å². The Kier molecular flexibility index (Phi) is 4.06. The first kappa shape index (κ1) is 10.0. The van der Waals surface area contributed by atoms with E-state index in [0.717, 1.165) is 12.3 Å². The smallest absolute Gasteiger partial charge is 0.230 e. The molecule has 1 aliphatic carbocycles. The number of hydrogen-bond acceptors (Lipinski definition) is 1. The first-order valence-electron chi connectivity index (χ1n) is 4.61. The van der Waals surface area contributed by atoms with Crippen LogP contribution in [0.4, 0.5) is 0 Å². The number of amides is 1. The van der Waals surface area contributed by atoms with Gasteiger partial charge in [0.05, 0.1) is 5.33 Å². The number of carbonyl (C=O) groups excluding carboxylic acids is 1. The summed E-state index contributed by atoms with van der Waals surface area (Å²) in [5, 5.41) is 3.43. The molecule has 0 heterocycles. The van der Waals surface area contributed by atoms with Gasteiger partial charge in [0.2, 0.25) is 5.91 Å². The molecule has 0 bridgehead atoms. The van der Waals surface area contributed by atoms with Crippen LogP contribution in [-0.2, 0) is 4.79 Å². The normalized spacial score (nSPS) is 18.8. The molecule has 0 spiro atoms. The Labute approximate surface area is 82.2 Å². The maximum absolute atomic E-state index is 11.0. The van der Waals surface area contributed by atoms with Crippen LogP contribution in [0.15, 0.2) is 0 Å². The van der Waals surface area contributed by atoms with Crippen molar-refractivity contribution in [3.63, 3.8) is 0 Å². The number of alkyl halides is 1. The van der Waals surface area contributed by atoms with Crippen molar-refractivity contribution in [1.29, 1.82) is 0 Å². The molecular weight excluding hydrogens is 218 g/mol. The molecule has 0 aromatic rings. The van der Waals surface area contributed by atoms with Gasteiger partial charge in [-0.1, -0.05) is 35.7 Å². The maximum atomic E-state index is 11.0. The minimum absolute atomic E-state index is 0.113. The Morgan fingerprint density at radius 3 is 2.75 bits per heavy atom. The minimum atomic E-state index is 0.113. The summed E-state index contributed by atoms with van der Waals surface area (Å²) in [7, 11) is 0. The van der Waals surface area contributed by atoms with E-state index in [-0.39, 0.29) is 5.91 Å². The molecule has 0 aromatic carbocycles. The van der Waals surface area contributed by atoms with Gasteiger partial charge in [-0.3, -0.25) is 4.79 Å². The van der Waals surface area contributed by atoms with Crippen molar-refractivity contribution in [3.05, 3.63) is 0 Å². The second-order valence-corrected chi connectivity index (χ2v) is 4.05. The van der Waals surface area contributed by atoms with Crippen molar-refractivity contribution in [2.24, 2.45) is 5.92 Å². The Morgan fingerprint density at radius 1 is 1.67 bits per heavy atom. The summed E-state index contributed by atoms with van der Waals surface area (Å²) in [6.07, 6.45) is 4.95. The van der Waals surface area contributed by atoms with Gasteiger partial charge in [0.25, 0.3) is 0 Å². The monoisotopic (exact) mass is 233 g/mol. The van der Waals surface area contributed by atoms with E-state index < -0.39 is 0 Å². The summed E-state index contributed by atoms with van der Waals surface area (Å²) >= 11 is 3.14. The summed E-state index contributed by atoms with van der Waals surface area (Å²) in [5.41, 5.74) is 0. The van der Waals surface area contributed by atoms with E-state index in [4.69, 9.17) is 0 Å².